The number of hydrogen-bond acceptors (Lipinski definition) is 3. The van der Waals surface area contributed by atoms with Gasteiger partial charge >= 0.3 is 29.9 Å². The third-order valence-corrected chi connectivity index (χ3v) is 4.05. The molecule has 0 unspecified atom stereocenters. The molecule has 0 atom stereocenters. The molecular weight excluding hydrogens is 434 g/mol. The lowest BCUT2D eigenvalue weighted by Crippen LogP contribution is -2.64. The monoisotopic (exact) mass is 440 g/mol. The first-order valence-electron chi connectivity index (χ1n) is 6.84. The minimum Gasteiger partial charge on any atom is -0.296 e. The zero-order valence-corrected chi connectivity index (χ0v) is 13.7. The Hall–Kier alpha value is -2.38. The first-order chi connectivity index (χ1) is 12.6. The molecule has 0 aliphatic rings. The van der Waals surface area contributed by atoms with E-state index in [0.29, 0.717) is 11.3 Å². The van der Waals surface area contributed by atoms with Crippen LogP contribution in [-0.2, 0) is 4.79 Å². The highest BCUT2D eigenvalue weighted by Gasteiger charge is 2.83. The summed E-state index contributed by atoms with van der Waals surface area (Å²) in [5.41, 5.74) is 0.190. The normalized spacial score (nSPS) is 13.5. The van der Waals surface area contributed by atoms with E-state index in [0.717, 1.165) is 22.8 Å². The number of anilines is 1. The van der Waals surface area contributed by atoms with Gasteiger partial charge in [0.25, 0.3) is 0 Å². The van der Waals surface area contributed by atoms with Crippen molar-refractivity contribution in [2.75, 3.05) is 5.32 Å². The van der Waals surface area contributed by atoms with Crippen LogP contribution in [0, 0.1) is 5.82 Å². The minimum atomic E-state index is -7.18. The van der Waals surface area contributed by atoms with Gasteiger partial charge in [-0.3, -0.25) is 10.1 Å². The second kappa shape index (κ2) is 6.90. The first kappa shape index (κ1) is 21.9. The van der Waals surface area contributed by atoms with Gasteiger partial charge in [0.1, 0.15) is 5.82 Å². The predicted octanol–water partition coefficient (Wildman–Crippen LogP) is 5.36. The number of carbonyl (C=O) groups is 1. The van der Waals surface area contributed by atoms with Crippen LogP contribution in [0.3, 0.4) is 0 Å². The molecule has 154 valence electrons. The second-order valence-corrected chi connectivity index (χ2v) is 6.08. The van der Waals surface area contributed by atoms with Gasteiger partial charge < -0.3 is 0 Å². The SMILES string of the molecule is O=C(Nc1nc(-c2ccc(F)cc2)cs1)C(F)(F)C(F)(F)C(F)(F)C(F)(F)F. The fourth-order valence-electron chi connectivity index (χ4n) is 1.78. The maximum absolute atomic E-state index is 13.5. The number of rotatable bonds is 5. The molecule has 0 fully saturated rings. The van der Waals surface area contributed by atoms with E-state index >= 15 is 0 Å². The molecule has 2 rings (SSSR count). The summed E-state index contributed by atoms with van der Waals surface area (Å²) in [6.07, 6.45) is -7.03. The van der Waals surface area contributed by atoms with Gasteiger partial charge in [0.2, 0.25) is 0 Å². The van der Waals surface area contributed by atoms with Gasteiger partial charge in [-0.05, 0) is 24.3 Å². The molecule has 3 nitrogen and oxygen atoms in total. The summed E-state index contributed by atoms with van der Waals surface area (Å²) >= 11 is 0.392. The average molecular weight is 440 g/mol. The zero-order chi connectivity index (χ0) is 21.5. The summed E-state index contributed by atoms with van der Waals surface area (Å²) in [5.74, 6) is -24.4. The minimum absolute atomic E-state index is 0.0315. The Balaban J connectivity index is 2.25. The molecule has 0 bridgehead atoms. The van der Waals surface area contributed by atoms with E-state index in [4.69, 9.17) is 0 Å². The van der Waals surface area contributed by atoms with Gasteiger partial charge in [0.05, 0.1) is 5.69 Å². The maximum Gasteiger partial charge on any atom is 0.460 e. The smallest absolute Gasteiger partial charge is 0.296 e. The van der Waals surface area contributed by atoms with Gasteiger partial charge in [0, 0.05) is 10.9 Å². The van der Waals surface area contributed by atoms with E-state index in [1.165, 1.54) is 12.1 Å². The van der Waals surface area contributed by atoms with Crippen molar-refractivity contribution in [3.63, 3.8) is 0 Å². The topological polar surface area (TPSA) is 42.0 Å². The van der Waals surface area contributed by atoms with E-state index in [9.17, 15) is 48.7 Å². The van der Waals surface area contributed by atoms with E-state index in [1.54, 1.807) is 0 Å². The Kier molecular flexibility index (Phi) is 5.40. The van der Waals surface area contributed by atoms with Crippen LogP contribution in [0.4, 0.5) is 49.0 Å². The molecule has 0 saturated carbocycles. The molecule has 0 spiro atoms. The van der Waals surface area contributed by atoms with Crippen LogP contribution in [0.2, 0.25) is 0 Å². The van der Waals surface area contributed by atoms with E-state index < -0.39 is 40.8 Å². The molecule has 14 heteroatoms. The van der Waals surface area contributed by atoms with Crippen molar-refractivity contribution < 1.29 is 48.7 Å². The summed E-state index contributed by atoms with van der Waals surface area (Å²) in [7, 11) is 0. The Labute approximate surface area is 153 Å². The number of carbonyl (C=O) groups excluding carboxylic acids is 1. The van der Waals surface area contributed by atoms with Gasteiger partial charge in [-0.15, -0.1) is 11.3 Å². The molecule has 2 aromatic rings. The van der Waals surface area contributed by atoms with Gasteiger partial charge in [0.15, 0.2) is 5.13 Å². The Bertz CT molecular complexity index is 860. The Morgan fingerprint density at radius 2 is 1.43 bits per heavy atom. The van der Waals surface area contributed by atoms with E-state index in [-0.39, 0.29) is 11.3 Å². The number of aromatic nitrogens is 1. The Morgan fingerprint density at radius 3 is 1.93 bits per heavy atom. The molecule has 1 amide bonds. The lowest BCUT2D eigenvalue weighted by molar-refractivity contribution is -0.388. The molecule has 0 aliphatic heterocycles. The van der Waals surface area contributed by atoms with Crippen molar-refractivity contribution in [2.45, 2.75) is 23.9 Å². The van der Waals surface area contributed by atoms with Gasteiger partial charge in [-0.1, -0.05) is 0 Å². The number of amides is 1. The largest absolute Gasteiger partial charge is 0.460 e. The summed E-state index contributed by atoms with van der Waals surface area (Å²) in [5, 5.41) is 1.41. The molecule has 0 radical (unpaired) electrons. The van der Waals surface area contributed by atoms with Crippen molar-refractivity contribution in [2.24, 2.45) is 0 Å². The van der Waals surface area contributed by atoms with Crippen LogP contribution in [0.5, 0.6) is 0 Å². The fraction of sp³-hybridized carbons (Fsp3) is 0.286. The third kappa shape index (κ3) is 3.64. The highest BCUT2D eigenvalue weighted by atomic mass is 32.1. The summed E-state index contributed by atoms with van der Waals surface area (Å²) in [4.78, 5) is 14.9. The number of thiazole rings is 1. The van der Waals surface area contributed by atoms with Gasteiger partial charge in [-0.2, -0.15) is 39.5 Å². The van der Waals surface area contributed by atoms with Crippen molar-refractivity contribution >= 4 is 22.4 Å². The molecule has 1 aromatic carbocycles. The van der Waals surface area contributed by atoms with Crippen LogP contribution in [0.15, 0.2) is 29.6 Å². The quantitative estimate of drug-likeness (QED) is 0.637. The van der Waals surface area contributed by atoms with Crippen molar-refractivity contribution in [3.05, 3.63) is 35.5 Å². The van der Waals surface area contributed by atoms with Crippen LogP contribution in [-0.4, -0.2) is 34.8 Å². The molecule has 1 aromatic heterocycles. The molecular formula is C14H6F10N2OS. The van der Waals surface area contributed by atoms with Crippen LogP contribution >= 0.6 is 11.3 Å². The van der Waals surface area contributed by atoms with Crippen molar-refractivity contribution in [1.29, 1.82) is 0 Å². The van der Waals surface area contributed by atoms with Crippen molar-refractivity contribution in [1.82, 2.24) is 4.98 Å². The van der Waals surface area contributed by atoms with Crippen LogP contribution < -0.4 is 5.32 Å². The van der Waals surface area contributed by atoms with Crippen LogP contribution in [0.25, 0.3) is 11.3 Å². The number of halogens is 10. The third-order valence-electron chi connectivity index (χ3n) is 3.29. The van der Waals surface area contributed by atoms with E-state index in [1.807, 2.05) is 0 Å². The average Bonchev–Trinajstić information content (AvgIpc) is 3.02. The number of alkyl halides is 9. The molecule has 0 saturated heterocycles. The number of benzene rings is 1. The summed E-state index contributed by atoms with van der Waals surface area (Å²) in [6.45, 7) is 0. The molecule has 1 heterocycles. The molecule has 28 heavy (non-hydrogen) atoms. The first-order valence-corrected chi connectivity index (χ1v) is 7.72. The van der Waals surface area contributed by atoms with Crippen molar-refractivity contribution in [3.8, 4) is 11.3 Å². The second-order valence-electron chi connectivity index (χ2n) is 5.22. The lowest BCUT2D eigenvalue weighted by atomic mass is 10.0. The summed E-state index contributed by atoms with van der Waals surface area (Å²) < 4.78 is 128. The standard InChI is InChI=1S/C14H6F10N2OS/c15-7-3-1-6(2-4-7)8-5-28-10(25-8)26-9(27)11(16,17)12(18,19)13(20,21)14(22,23)24/h1-5H,(H,25,26,27). The predicted molar refractivity (Wildman–Crippen MR) is 77.0 cm³/mol. The lowest BCUT2D eigenvalue weighted by Gasteiger charge is -2.32. The molecule has 0 aliphatic carbocycles. The maximum atomic E-state index is 13.5. The van der Waals surface area contributed by atoms with E-state index in [2.05, 4.69) is 4.98 Å². The van der Waals surface area contributed by atoms with Crippen LogP contribution in [0.1, 0.15) is 0 Å². The number of hydrogen-bond donors (Lipinski definition) is 1. The highest BCUT2D eigenvalue weighted by molar-refractivity contribution is 7.14. The highest BCUT2D eigenvalue weighted by Crippen LogP contribution is 2.53. The molecule has 1 N–H and O–H groups in total. The zero-order valence-electron chi connectivity index (χ0n) is 12.9. The van der Waals surface area contributed by atoms with Gasteiger partial charge in [-0.25, -0.2) is 9.37 Å². The number of nitrogens with zero attached hydrogens (tertiary/aromatic N) is 1. The fourth-order valence-corrected chi connectivity index (χ4v) is 2.49. The Morgan fingerprint density at radius 1 is 0.893 bits per heavy atom. The summed E-state index contributed by atoms with van der Waals surface area (Å²) in [6, 6.07) is 4.40. The number of nitrogens with one attached hydrogen (secondary N) is 1.